The second-order valence-electron chi connectivity index (χ2n) is 9.05. The highest BCUT2D eigenvalue weighted by Gasteiger charge is 2.89. The molecule has 1 N–H and O–H groups in total. The number of carboxylic acids is 1. The summed E-state index contributed by atoms with van der Waals surface area (Å²) in [6, 6.07) is 0. The Morgan fingerprint density at radius 2 is 0.757 bits per heavy atom. The quantitative estimate of drug-likeness (QED) is 0.310. The van der Waals surface area contributed by atoms with Gasteiger partial charge in [0.2, 0.25) is 0 Å². The molecular formula is C25H28O12. The highest BCUT2D eigenvalue weighted by Crippen LogP contribution is 2.71. The number of hydrogen-bond acceptors (Lipinski definition) is 11. The molecule has 0 aliphatic heterocycles. The summed E-state index contributed by atoms with van der Waals surface area (Å²) in [5, 5.41) is 10.3. The molecule has 0 fully saturated rings. The molecule has 0 heterocycles. The summed E-state index contributed by atoms with van der Waals surface area (Å²) in [5.41, 5.74) is -15.5. The van der Waals surface area contributed by atoms with Crippen molar-refractivity contribution in [3.8, 4) is 0 Å². The fourth-order valence-corrected chi connectivity index (χ4v) is 6.64. The van der Waals surface area contributed by atoms with Gasteiger partial charge in [0.05, 0.1) is 5.57 Å². The van der Waals surface area contributed by atoms with Crippen molar-refractivity contribution in [1.82, 2.24) is 0 Å². The zero-order valence-electron chi connectivity index (χ0n) is 21.9. The summed E-state index contributed by atoms with van der Waals surface area (Å²) >= 11 is 0. The van der Waals surface area contributed by atoms with E-state index in [9.17, 15) is 53.1 Å². The number of ketones is 8. The van der Waals surface area contributed by atoms with Crippen molar-refractivity contribution < 1.29 is 57.8 Å². The van der Waals surface area contributed by atoms with Crippen LogP contribution in [0.3, 0.4) is 0 Å². The Hall–Kier alpha value is -3.96. The number of rotatable bonds is 10. The van der Waals surface area contributed by atoms with Gasteiger partial charge in [0, 0.05) is 6.92 Å². The first-order valence-corrected chi connectivity index (χ1v) is 10.9. The molecule has 1 aliphatic rings. The molecule has 12 heteroatoms. The van der Waals surface area contributed by atoms with E-state index in [4.69, 9.17) is 4.74 Å². The van der Waals surface area contributed by atoms with E-state index in [0.717, 1.165) is 6.92 Å². The van der Waals surface area contributed by atoms with Crippen LogP contribution in [-0.2, 0) is 52.7 Å². The molecule has 200 valence electrons. The third kappa shape index (κ3) is 3.20. The number of esters is 1. The molecule has 0 saturated carbocycles. The lowest BCUT2D eigenvalue weighted by Crippen LogP contribution is -2.80. The Labute approximate surface area is 211 Å². The van der Waals surface area contributed by atoms with Gasteiger partial charge in [-0.15, -0.1) is 0 Å². The average molecular weight is 520 g/mol. The number of allylic oxidation sites excluding steroid dienone is 1. The minimum atomic E-state index is -3.54. The lowest BCUT2D eigenvalue weighted by Gasteiger charge is -2.62. The van der Waals surface area contributed by atoms with Crippen molar-refractivity contribution in [2.45, 2.75) is 62.3 Å². The maximum absolute atomic E-state index is 13.7. The molecule has 0 aromatic rings. The molecule has 0 spiro atoms. The zero-order valence-corrected chi connectivity index (χ0v) is 21.9. The van der Waals surface area contributed by atoms with E-state index in [-0.39, 0.29) is 0 Å². The van der Waals surface area contributed by atoms with Gasteiger partial charge in [0.25, 0.3) is 0 Å². The molecule has 0 aromatic heterocycles. The summed E-state index contributed by atoms with van der Waals surface area (Å²) < 4.78 is 5.05. The monoisotopic (exact) mass is 520 g/mol. The molecule has 0 saturated heterocycles. The van der Waals surface area contributed by atoms with Gasteiger partial charge in [-0.1, -0.05) is 0 Å². The van der Waals surface area contributed by atoms with Crippen molar-refractivity contribution in [2.75, 3.05) is 0 Å². The predicted molar refractivity (Wildman–Crippen MR) is 122 cm³/mol. The van der Waals surface area contributed by atoms with Crippen LogP contribution in [0.15, 0.2) is 11.3 Å². The van der Waals surface area contributed by atoms with Crippen molar-refractivity contribution in [2.24, 2.45) is 21.7 Å². The second kappa shape index (κ2) is 9.49. The van der Waals surface area contributed by atoms with Crippen molar-refractivity contribution in [1.29, 1.82) is 0 Å². The summed E-state index contributed by atoms with van der Waals surface area (Å²) in [6.07, 6.45) is 0. The van der Waals surface area contributed by atoms with Crippen LogP contribution in [0.2, 0.25) is 0 Å². The fraction of sp³-hybridized carbons (Fsp3) is 0.520. The zero-order chi connectivity index (χ0) is 29.6. The summed E-state index contributed by atoms with van der Waals surface area (Å²) in [4.78, 5) is 134. The number of carbonyl (C=O) groups is 10. The lowest BCUT2D eigenvalue weighted by atomic mass is 9.31. The smallest absolute Gasteiger partial charge is 0.336 e. The van der Waals surface area contributed by atoms with Crippen LogP contribution in [0.25, 0.3) is 0 Å². The standard InChI is InChI=1S/C25H28O12/c1-10(26)22(11(2)27)19(21(35)36)20(37-18(9)34)23(12(3)28,13(4)29)25(16(7)32,17(8)33)24(22,14(5)30)15(6)31/h1-9H3,(H,35,36). The maximum Gasteiger partial charge on any atom is 0.336 e. The summed E-state index contributed by atoms with van der Waals surface area (Å²) in [6.45, 7) is 5.85. The summed E-state index contributed by atoms with van der Waals surface area (Å²) in [7, 11) is 0. The van der Waals surface area contributed by atoms with Crippen LogP contribution in [0.5, 0.6) is 0 Å². The SMILES string of the molecule is CC(=O)OC1=C(C(=O)O)C(C(C)=O)(C(C)=O)C(C(C)=O)(C(C)=O)C(C(C)=O)(C(C)=O)C1(C(C)=O)C(C)=O. The first-order chi connectivity index (χ1) is 16.7. The van der Waals surface area contributed by atoms with Gasteiger partial charge < -0.3 is 9.84 Å². The van der Waals surface area contributed by atoms with Gasteiger partial charge in [-0.3, -0.25) is 43.2 Å². The molecule has 0 aromatic carbocycles. The van der Waals surface area contributed by atoms with Crippen molar-refractivity contribution in [3.05, 3.63) is 11.3 Å². The van der Waals surface area contributed by atoms with E-state index in [0.29, 0.717) is 55.4 Å². The molecule has 0 unspecified atom stereocenters. The molecule has 0 amide bonds. The number of hydrogen-bond donors (Lipinski definition) is 1. The van der Waals surface area contributed by atoms with Crippen molar-refractivity contribution in [3.63, 3.8) is 0 Å². The van der Waals surface area contributed by atoms with Gasteiger partial charge in [0.1, 0.15) is 56.7 Å². The molecule has 12 nitrogen and oxygen atoms in total. The Morgan fingerprint density at radius 3 is 0.946 bits per heavy atom. The molecule has 0 atom stereocenters. The highest BCUT2D eigenvalue weighted by molar-refractivity contribution is 6.35. The fourth-order valence-electron chi connectivity index (χ4n) is 6.64. The van der Waals surface area contributed by atoms with Crippen LogP contribution < -0.4 is 0 Å². The van der Waals surface area contributed by atoms with E-state index in [2.05, 4.69) is 0 Å². The van der Waals surface area contributed by atoms with Gasteiger partial charge in [-0.05, 0) is 55.4 Å². The molecular weight excluding hydrogens is 492 g/mol. The van der Waals surface area contributed by atoms with Crippen molar-refractivity contribution >= 4 is 58.2 Å². The van der Waals surface area contributed by atoms with E-state index >= 15 is 0 Å². The number of ether oxygens (including phenoxy) is 1. The van der Waals surface area contributed by atoms with Gasteiger partial charge >= 0.3 is 11.9 Å². The number of Topliss-reactive ketones (excluding diaryl/α,β-unsaturated/α-hetero) is 8. The van der Waals surface area contributed by atoms with Crippen LogP contribution in [-0.4, -0.2) is 63.3 Å². The van der Waals surface area contributed by atoms with Crippen LogP contribution in [0, 0.1) is 21.7 Å². The van der Waals surface area contributed by atoms with Gasteiger partial charge in [0.15, 0.2) is 17.0 Å². The number of carboxylic acid groups (broad SMARTS) is 1. The normalized spacial score (nSPS) is 18.7. The Morgan fingerprint density at radius 1 is 0.486 bits per heavy atom. The first-order valence-electron chi connectivity index (χ1n) is 10.9. The second-order valence-corrected chi connectivity index (χ2v) is 9.05. The third-order valence-corrected chi connectivity index (χ3v) is 7.31. The number of carbonyl (C=O) groups excluding carboxylic acids is 9. The van der Waals surface area contributed by atoms with Crippen LogP contribution in [0.4, 0.5) is 0 Å². The predicted octanol–water partition coefficient (Wildman–Crippen LogP) is 0.559. The largest absolute Gasteiger partial charge is 0.478 e. The maximum atomic E-state index is 13.7. The molecule has 1 rings (SSSR count). The van der Waals surface area contributed by atoms with Crippen LogP contribution >= 0.6 is 0 Å². The molecule has 37 heavy (non-hydrogen) atoms. The Balaban J connectivity index is 5.46. The topological polar surface area (TPSA) is 200 Å². The van der Waals surface area contributed by atoms with Gasteiger partial charge in [-0.25, -0.2) is 4.79 Å². The molecule has 0 radical (unpaired) electrons. The third-order valence-electron chi connectivity index (χ3n) is 7.31. The Kier molecular flexibility index (Phi) is 7.97. The lowest BCUT2D eigenvalue weighted by molar-refractivity contribution is -0.199. The van der Waals surface area contributed by atoms with E-state index in [1.165, 1.54) is 0 Å². The minimum absolute atomic E-state index is 0.629. The van der Waals surface area contributed by atoms with Crippen LogP contribution in [0.1, 0.15) is 62.3 Å². The summed E-state index contributed by atoms with van der Waals surface area (Å²) in [5.74, 6) is -16.9. The highest BCUT2D eigenvalue weighted by atomic mass is 16.5. The molecule has 1 aliphatic carbocycles. The van der Waals surface area contributed by atoms with E-state index < -0.39 is 91.2 Å². The first kappa shape index (κ1) is 31.1. The van der Waals surface area contributed by atoms with E-state index in [1.807, 2.05) is 0 Å². The molecule has 0 bridgehead atoms. The average Bonchev–Trinajstić information content (AvgIpc) is 2.69. The Bertz CT molecular complexity index is 1190. The minimum Gasteiger partial charge on any atom is -0.478 e. The van der Waals surface area contributed by atoms with E-state index in [1.54, 1.807) is 0 Å². The number of aliphatic carboxylic acids is 1. The van der Waals surface area contributed by atoms with Gasteiger partial charge in [-0.2, -0.15) is 0 Å².